The van der Waals surface area contributed by atoms with Gasteiger partial charge in [-0.2, -0.15) is 5.01 Å². The van der Waals surface area contributed by atoms with Crippen molar-refractivity contribution in [1.29, 1.82) is 0 Å². The first-order chi connectivity index (χ1) is 6.79. The molecule has 0 saturated carbocycles. The lowest BCUT2D eigenvalue weighted by molar-refractivity contribution is 0.210. The number of hydrogen-bond acceptors (Lipinski definition) is 5. The van der Waals surface area contributed by atoms with Crippen LogP contribution in [0.15, 0.2) is 15.6 Å². The van der Waals surface area contributed by atoms with Gasteiger partial charge in [-0.15, -0.1) is 0 Å². The molecule has 0 aromatic carbocycles. The Bertz CT molecular complexity index is 338. The molecule has 0 spiro atoms. The number of halogens is 1. The Hall–Kier alpha value is -0.880. The van der Waals surface area contributed by atoms with E-state index < -0.39 is 0 Å². The van der Waals surface area contributed by atoms with Gasteiger partial charge in [-0.25, -0.2) is 4.99 Å². The van der Waals surface area contributed by atoms with E-state index in [1.165, 1.54) is 0 Å². The standard InChI is InChI=1S/C8H11BrN4O/c1-2-6-3-7(14-12-6)4-13-8(9)10-5-11-13/h3,5,8H,2,4H2,1H3,(H,10,11). The van der Waals surface area contributed by atoms with Gasteiger partial charge in [0.15, 0.2) is 10.8 Å². The van der Waals surface area contributed by atoms with Gasteiger partial charge < -0.3 is 9.95 Å². The van der Waals surface area contributed by atoms with E-state index in [-0.39, 0.29) is 5.08 Å². The number of aryl methyl sites for hydroxylation is 1. The van der Waals surface area contributed by atoms with Crippen molar-refractivity contribution in [3.63, 3.8) is 0 Å². The van der Waals surface area contributed by atoms with Gasteiger partial charge in [0.2, 0.25) is 0 Å². The highest BCUT2D eigenvalue weighted by atomic mass is 79.9. The van der Waals surface area contributed by atoms with Crippen molar-refractivity contribution in [1.82, 2.24) is 15.6 Å². The molecule has 14 heavy (non-hydrogen) atoms. The third-order valence-electron chi connectivity index (χ3n) is 1.97. The zero-order valence-electron chi connectivity index (χ0n) is 7.77. The molecule has 1 atom stereocenters. The second-order valence-corrected chi connectivity index (χ2v) is 3.80. The lowest BCUT2D eigenvalue weighted by Crippen LogP contribution is -2.34. The Labute approximate surface area is 90.3 Å². The minimum Gasteiger partial charge on any atom is -0.360 e. The molecule has 1 N–H and O–H groups in total. The molecule has 6 heteroatoms. The zero-order chi connectivity index (χ0) is 9.97. The highest BCUT2D eigenvalue weighted by Crippen LogP contribution is 2.14. The van der Waals surface area contributed by atoms with E-state index in [1.54, 1.807) is 6.34 Å². The van der Waals surface area contributed by atoms with Crippen LogP contribution in [0.3, 0.4) is 0 Å². The molecule has 1 unspecified atom stereocenters. The van der Waals surface area contributed by atoms with Crippen molar-refractivity contribution in [2.75, 3.05) is 0 Å². The molecule has 76 valence electrons. The number of hydrazine groups is 1. The number of alkyl halides is 1. The topological polar surface area (TPSA) is 53.7 Å². The summed E-state index contributed by atoms with van der Waals surface area (Å²) >= 11 is 3.39. The minimum atomic E-state index is -0.0299. The molecule has 5 nitrogen and oxygen atoms in total. The van der Waals surface area contributed by atoms with Crippen LogP contribution in [-0.4, -0.2) is 21.6 Å². The Balaban J connectivity index is 1.97. The lowest BCUT2D eigenvalue weighted by atomic mass is 10.3. The molecule has 2 heterocycles. The van der Waals surface area contributed by atoms with Gasteiger partial charge in [0.1, 0.15) is 0 Å². The monoisotopic (exact) mass is 258 g/mol. The third kappa shape index (κ3) is 1.96. The van der Waals surface area contributed by atoms with Crippen LogP contribution < -0.4 is 5.43 Å². The summed E-state index contributed by atoms with van der Waals surface area (Å²) in [6.07, 6.45) is 2.54. The first-order valence-electron chi connectivity index (χ1n) is 4.42. The molecular weight excluding hydrogens is 248 g/mol. The Morgan fingerprint density at radius 2 is 2.57 bits per heavy atom. The predicted octanol–water partition coefficient (Wildman–Crippen LogP) is 1.26. The maximum atomic E-state index is 5.16. The fourth-order valence-electron chi connectivity index (χ4n) is 1.20. The normalized spacial score (nSPS) is 21.4. The van der Waals surface area contributed by atoms with Gasteiger partial charge in [-0.05, 0) is 22.4 Å². The van der Waals surface area contributed by atoms with Crippen LogP contribution in [-0.2, 0) is 13.0 Å². The van der Waals surface area contributed by atoms with E-state index in [2.05, 4.69) is 31.5 Å². The summed E-state index contributed by atoms with van der Waals surface area (Å²) in [5.74, 6) is 0.837. The van der Waals surface area contributed by atoms with E-state index in [4.69, 9.17) is 4.52 Å². The summed E-state index contributed by atoms with van der Waals surface area (Å²) in [4.78, 5) is 4.09. The van der Waals surface area contributed by atoms with Gasteiger partial charge in [0, 0.05) is 6.07 Å². The lowest BCUT2D eigenvalue weighted by Gasteiger charge is -2.15. The van der Waals surface area contributed by atoms with Gasteiger partial charge in [-0.3, -0.25) is 0 Å². The van der Waals surface area contributed by atoms with Crippen LogP contribution in [0.2, 0.25) is 0 Å². The number of hydrogen-bond donors (Lipinski definition) is 1. The summed E-state index contributed by atoms with van der Waals surface area (Å²) < 4.78 is 5.16. The van der Waals surface area contributed by atoms with Crippen LogP contribution in [0, 0.1) is 0 Å². The predicted molar refractivity (Wildman–Crippen MR) is 55.8 cm³/mol. The summed E-state index contributed by atoms with van der Waals surface area (Å²) in [5, 5.41) is 5.79. The van der Waals surface area contributed by atoms with Gasteiger partial charge in [0.25, 0.3) is 0 Å². The van der Waals surface area contributed by atoms with Crippen molar-refractivity contribution >= 4 is 22.3 Å². The van der Waals surface area contributed by atoms with E-state index in [9.17, 15) is 0 Å². The van der Waals surface area contributed by atoms with E-state index in [0.29, 0.717) is 6.54 Å². The highest BCUT2D eigenvalue weighted by molar-refractivity contribution is 9.09. The molecule has 1 aliphatic rings. The molecule has 1 aromatic rings. The van der Waals surface area contributed by atoms with Crippen molar-refractivity contribution in [3.05, 3.63) is 17.5 Å². The number of rotatable bonds is 3. The zero-order valence-corrected chi connectivity index (χ0v) is 9.36. The molecule has 0 fully saturated rings. The van der Waals surface area contributed by atoms with Crippen molar-refractivity contribution < 1.29 is 4.52 Å². The van der Waals surface area contributed by atoms with Gasteiger partial charge in [0.05, 0.1) is 18.6 Å². The first kappa shape index (κ1) is 9.67. The van der Waals surface area contributed by atoms with Crippen molar-refractivity contribution in [2.45, 2.75) is 25.0 Å². The first-order valence-corrected chi connectivity index (χ1v) is 5.34. The van der Waals surface area contributed by atoms with Crippen LogP contribution in [0.1, 0.15) is 18.4 Å². The Kier molecular flexibility index (Phi) is 2.83. The smallest absolute Gasteiger partial charge is 0.176 e. The number of nitrogens with one attached hydrogen (secondary N) is 1. The fraction of sp³-hybridized carbons (Fsp3) is 0.500. The van der Waals surface area contributed by atoms with Crippen molar-refractivity contribution in [3.8, 4) is 0 Å². The quantitative estimate of drug-likeness (QED) is 0.656. The number of aromatic nitrogens is 1. The second kappa shape index (κ2) is 4.10. The molecular formula is C8H11BrN4O. The summed E-state index contributed by atoms with van der Waals surface area (Å²) in [6, 6.07) is 1.96. The largest absolute Gasteiger partial charge is 0.360 e. The molecule has 1 aromatic heterocycles. The SMILES string of the molecule is CCc1cc(CN2NC=NC2Br)on1. The van der Waals surface area contributed by atoms with Gasteiger partial charge in [-0.1, -0.05) is 12.1 Å². The van der Waals surface area contributed by atoms with E-state index in [0.717, 1.165) is 17.9 Å². The van der Waals surface area contributed by atoms with Crippen LogP contribution in [0.4, 0.5) is 0 Å². The minimum absolute atomic E-state index is 0.0299. The molecule has 0 radical (unpaired) electrons. The molecule has 2 rings (SSSR count). The second-order valence-electron chi connectivity index (χ2n) is 2.98. The average molecular weight is 259 g/mol. The fourth-order valence-corrected chi connectivity index (χ4v) is 1.58. The summed E-state index contributed by atoms with van der Waals surface area (Å²) in [7, 11) is 0. The van der Waals surface area contributed by atoms with Crippen LogP contribution in [0.25, 0.3) is 0 Å². The highest BCUT2D eigenvalue weighted by Gasteiger charge is 2.19. The van der Waals surface area contributed by atoms with Crippen LogP contribution >= 0.6 is 15.9 Å². The summed E-state index contributed by atoms with van der Waals surface area (Å²) in [5.41, 5.74) is 3.97. The molecule has 0 aliphatic carbocycles. The Morgan fingerprint density at radius 1 is 1.71 bits per heavy atom. The van der Waals surface area contributed by atoms with Gasteiger partial charge >= 0.3 is 0 Å². The van der Waals surface area contributed by atoms with Crippen LogP contribution in [0.5, 0.6) is 0 Å². The van der Waals surface area contributed by atoms with E-state index >= 15 is 0 Å². The summed E-state index contributed by atoms with van der Waals surface area (Å²) in [6.45, 7) is 2.69. The Morgan fingerprint density at radius 3 is 3.14 bits per heavy atom. The molecule has 0 bridgehead atoms. The number of aliphatic imine (C=N–C) groups is 1. The number of nitrogens with zero attached hydrogens (tertiary/aromatic N) is 3. The maximum Gasteiger partial charge on any atom is 0.176 e. The average Bonchev–Trinajstić information content (AvgIpc) is 2.77. The third-order valence-corrected chi connectivity index (χ3v) is 2.71. The molecule has 0 amide bonds. The van der Waals surface area contributed by atoms with E-state index in [1.807, 2.05) is 18.0 Å². The van der Waals surface area contributed by atoms with Crippen molar-refractivity contribution in [2.24, 2.45) is 4.99 Å². The molecule has 0 saturated heterocycles. The maximum absolute atomic E-state index is 5.16. The molecule has 1 aliphatic heterocycles.